The second-order valence-electron chi connectivity index (χ2n) is 5.24. The van der Waals surface area contributed by atoms with Crippen LogP contribution in [0.3, 0.4) is 0 Å². The number of hydrogen-bond acceptors (Lipinski definition) is 2. The van der Waals surface area contributed by atoms with Gasteiger partial charge in [-0.2, -0.15) is 0 Å². The molecule has 2 aromatic carbocycles. The molecule has 0 bridgehead atoms. The van der Waals surface area contributed by atoms with Crippen LogP contribution in [0, 0.1) is 27.7 Å². The largest absolute Gasteiger partial charge is 0.436 e. The molecule has 0 radical (unpaired) electrons. The first-order valence-electron chi connectivity index (χ1n) is 6.50. The fourth-order valence-electron chi connectivity index (χ4n) is 2.35. The average Bonchev–Trinajstić information content (AvgIpc) is 2.72. The highest BCUT2D eigenvalue weighted by atomic mass is 16.3. The van der Waals surface area contributed by atoms with Crippen molar-refractivity contribution < 1.29 is 4.42 Å². The van der Waals surface area contributed by atoms with Crippen molar-refractivity contribution in [1.82, 2.24) is 4.98 Å². The Hall–Kier alpha value is -2.09. The summed E-state index contributed by atoms with van der Waals surface area (Å²) in [6.45, 7) is 8.37. The lowest BCUT2D eigenvalue weighted by molar-refractivity contribution is 0.619. The van der Waals surface area contributed by atoms with Crippen molar-refractivity contribution in [2.75, 3.05) is 0 Å². The molecule has 3 rings (SSSR count). The highest BCUT2D eigenvalue weighted by Gasteiger charge is 2.11. The Morgan fingerprint density at radius 3 is 2.32 bits per heavy atom. The van der Waals surface area contributed by atoms with Gasteiger partial charge in [0, 0.05) is 5.56 Å². The monoisotopic (exact) mass is 251 g/mol. The van der Waals surface area contributed by atoms with Gasteiger partial charge in [-0.05, 0) is 62.6 Å². The van der Waals surface area contributed by atoms with Crippen molar-refractivity contribution in [2.24, 2.45) is 0 Å². The van der Waals surface area contributed by atoms with Crippen LogP contribution in [-0.4, -0.2) is 4.98 Å². The number of benzene rings is 2. The second-order valence-corrected chi connectivity index (χ2v) is 5.24. The molecule has 0 N–H and O–H groups in total. The number of hydrogen-bond donors (Lipinski definition) is 0. The summed E-state index contributed by atoms with van der Waals surface area (Å²) in [5.74, 6) is 0.706. The van der Waals surface area contributed by atoms with E-state index in [4.69, 9.17) is 4.42 Å². The molecule has 0 aliphatic rings. The number of aryl methyl sites for hydroxylation is 4. The Balaban J connectivity index is 2.20. The average molecular weight is 251 g/mol. The van der Waals surface area contributed by atoms with Crippen LogP contribution < -0.4 is 0 Å². The minimum atomic E-state index is 0.706. The smallest absolute Gasteiger partial charge is 0.227 e. The van der Waals surface area contributed by atoms with E-state index in [9.17, 15) is 0 Å². The highest BCUT2D eigenvalue weighted by Crippen LogP contribution is 2.28. The van der Waals surface area contributed by atoms with E-state index in [1.54, 1.807) is 0 Å². The molecule has 1 heterocycles. The molecule has 0 unspecified atom stereocenters. The first-order chi connectivity index (χ1) is 9.04. The molecule has 0 saturated carbocycles. The van der Waals surface area contributed by atoms with Crippen LogP contribution in [0.1, 0.15) is 22.3 Å². The third kappa shape index (κ3) is 2.03. The fourth-order valence-corrected chi connectivity index (χ4v) is 2.35. The third-order valence-electron chi connectivity index (χ3n) is 3.62. The summed E-state index contributed by atoms with van der Waals surface area (Å²) in [4.78, 5) is 4.61. The van der Waals surface area contributed by atoms with Gasteiger partial charge in [-0.15, -0.1) is 0 Å². The van der Waals surface area contributed by atoms with E-state index in [1.807, 2.05) is 0 Å². The molecule has 0 saturated heterocycles. The molecule has 0 aliphatic heterocycles. The van der Waals surface area contributed by atoms with Crippen LogP contribution in [0.4, 0.5) is 0 Å². The molecule has 0 aliphatic carbocycles. The summed E-state index contributed by atoms with van der Waals surface area (Å²) in [6, 6.07) is 10.5. The van der Waals surface area contributed by atoms with E-state index in [1.165, 1.54) is 22.3 Å². The predicted octanol–water partition coefficient (Wildman–Crippen LogP) is 4.73. The molecule has 96 valence electrons. The zero-order valence-corrected chi connectivity index (χ0v) is 11.7. The number of rotatable bonds is 1. The lowest BCUT2D eigenvalue weighted by Gasteiger charge is -2.01. The van der Waals surface area contributed by atoms with Gasteiger partial charge in [-0.1, -0.05) is 17.7 Å². The minimum absolute atomic E-state index is 0.706. The van der Waals surface area contributed by atoms with E-state index in [0.717, 1.165) is 16.7 Å². The van der Waals surface area contributed by atoms with Gasteiger partial charge >= 0.3 is 0 Å². The minimum Gasteiger partial charge on any atom is -0.436 e. The number of nitrogens with zero attached hydrogens (tertiary/aromatic N) is 1. The van der Waals surface area contributed by atoms with Crippen molar-refractivity contribution in [3.8, 4) is 11.5 Å². The normalized spacial score (nSPS) is 11.2. The Morgan fingerprint density at radius 2 is 1.58 bits per heavy atom. The SMILES string of the molecule is Cc1ccc(-c2nc3cc(C)c(C)cc3o2)c(C)c1. The molecular weight excluding hydrogens is 234 g/mol. The standard InChI is InChI=1S/C17H17NO/c1-10-5-6-14(13(4)7-10)17-18-15-8-11(2)12(3)9-16(15)19-17/h5-9H,1-4H3. The molecule has 0 amide bonds. The van der Waals surface area contributed by atoms with Crippen molar-refractivity contribution in [3.63, 3.8) is 0 Å². The Labute approximate surface area is 113 Å². The third-order valence-corrected chi connectivity index (χ3v) is 3.62. The molecule has 19 heavy (non-hydrogen) atoms. The molecule has 2 nitrogen and oxygen atoms in total. The zero-order chi connectivity index (χ0) is 13.6. The number of oxazole rings is 1. The zero-order valence-electron chi connectivity index (χ0n) is 11.7. The molecule has 0 atom stereocenters. The summed E-state index contributed by atoms with van der Waals surface area (Å²) in [6.07, 6.45) is 0. The maximum atomic E-state index is 5.90. The number of fused-ring (bicyclic) bond motifs is 1. The van der Waals surface area contributed by atoms with Gasteiger partial charge in [0.15, 0.2) is 5.58 Å². The summed E-state index contributed by atoms with van der Waals surface area (Å²) in [5, 5.41) is 0. The van der Waals surface area contributed by atoms with E-state index in [0.29, 0.717) is 5.89 Å². The van der Waals surface area contributed by atoms with E-state index >= 15 is 0 Å². The molecule has 2 heteroatoms. The molecule has 0 spiro atoms. The van der Waals surface area contributed by atoms with Crippen molar-refractivity contribution >= 4 is 11.1 Å². The van der Waals surface area contributed by atoms with Gasteiger partial charge < -0.3 is 4.42 Å². The maximum Gasteiger partial charge on any atom is 0.227 e. The van der Waals surface area contributed by atoms with Crippen LogP contribution in [0.2, 0.25) is 0 Å². The van der Waals surface area contributed by atoms with Gasteiger partial charge in [-0.25, -0.2) is 4.98 Å². The van der Waals surface area contributed by atoms with Gasteiger partial charge in [0.05, 0.1) is 0 Å². The quantitative estimate of drug-likeness (QED) is 0.625. The molecule has 1 aromatic heterocycles. The Bertz CT molecular complexity index is 729. The second kappa shape index (κ2) is 4.23. The molecule has 0 fully saturated rings. The Kier molecular flexibility index (Phi) is 2.67. The van der Waals surface area contributed by atoms with Crippen LogP contribution in [0.5, 0.6) is 0 Å². The maximum absolute atomic E-state index is 5.90. The van der Waals surface area contributed by atoms with E-state index < -0.39 is 0 Å². The van der Waals surface area contributed by atoms with Gasteiger partial charge in [-0.3, -0.25) is 0 Å². The summed E-state index contributed by atoms with van der Waals surface area (Å²) in [5.41, 5.74) is 7.78. The highest BCUT2D eigenvalue weighted by molar-refractivity contribution is 5.78. The lowest BCUT2D eigenvalue weighted by Crippen LogP contribution is -1.84. The molecular formula is C17H17NO. The summed E-state index contributed by atoms with van der Waals surface area (Å²) < 4.78 is 5.90. The van der Waals surface area contributed by atoms with E-state index in [2.05, 4.69) is 63.0 Å². The lowest BCUT2D eigenvalue weighted by atomic mass is 10.1. The predicted molar refractivity (Wildman–Crippen MR) is 78.4 cm³/mol. The topological polar surface area (TPSA) is 26.0 Å². The summed E-state index contributed by atoms with van der Waals surface area (Å²) >= 11 is 0. The van der Waals surface area contributed by atoms with Crippen LogP contribution in [0.25, 0.3) is 22.6 Å². The number of aromatic nitrogens is 1. The van der Waals surface area contributed by atoms with E-state index in [-0.39, 0.29) is 0 Å². The van der Waals surface area contributed by atoms with Crippen LogP contribution in [0.15, 0.2) is 34.7 Å². The van der Waals surface area contributed by atoms with Crippen molar-refractivity contribution in [3.05, 3.63) is 52.6 Å². The van der Waals surface area contributed by atoms with Crippen molar-refractivity contribution in [1.29, 1.82) is 0 Å². The fraction of sp³-hybridized carbons (Fsp3) is 0.235. The van der Waals surface area contributed by atoms with Crippen LogP contribution in [-0.2, 0) is 0 Å². The van der Waals surface area contributed by atoms with Gasteiger partial charge in [0.2, 0.25) is 5.89 Å². The first kappa shape index (κ1) is 12.0. The van der Waals surface area contributed by atoms with Gasteiger partial charge in [0.25, 0.3) is 0 Å². The van der Waals surface area contributed by atoms with Crippen molar-refractivity contribution in [2.45, 2.75) is 27.7 Å². The van der Waals surface area contributed by atoms with Crippen LogP contribution >= 0.6 is 0 Å². The molecule has 3 aromatic rings. The first-order valence-corrected chi connectivity index (χ1v) is 6.50. The van der Waals surface area contributed by atoms with Gasteiger partial charge in [0.1, 0.15) is 5.52 Å². The summed E-state index contributed by atoms with van der Waals surface area (Å²) in [7, 11) is 0. The Morgan fingerprint density at radius 1 is 0.842 bits per heavy atom.